The number of nitrogens with one attached hydrogen (secondary N) is 2. The Morgan fingerprint density at radius 3 is 2.80 bits per heavy atom. The molecule has 0 aromatic heterocycles. The number of aryl methyl sites for hydroxylation is 1. The predicted molar refractivity (Wildman–Crippen MR) is 78.6 cm³/mol. The standard InChI is InChI=1S/C15H22N2O3/c1-11-6-7-12(16-8-9-17-15(18)19)10-14(11)20-13-4-2-3-5-13/h6-7,10,13,16-17H,2-5,8-9H2,1H3,(H,18,19). The number of carbonyl (C=O) groups is 1. The van der Waals surface area contributed by atoms with Crippen LogP contribution in [0.2, 0.25) is 0 Å². The zero-order valence-corrected chi connectivity index (χ0v) is 11.8. The number of hydrogen-bond acceptors (Lipinski definition) is 3. The van der Waals surface area contributed by atoms with Crippen LogP contribution in [-0.4, -0.2) is 30.4 Å². The van der Waals surface area contributed by atoms with Gasteiger partial charge in [0.15, 0.2) is 0 Å². The normalized spacial score (nSPS) is 15.1. The monoisotopic (exact) mass is 278 g/mol. The zero-order chi connectivity index (χ0) is 14.4. The van der Waals surface area contributed by atoms with Crippen LogP contribution in [0.4, 0.5) is 10.5 Å². The van der Waals surface area contributed by atoms with E-state index in [0.717, 1.165) is 29.8 Å². The highest BCUT2D eigenvalue weighted by atomic mass is 16.5. The van der Waals surface area contributed by atoms with Crippen molar-refractivity contribution in [2.24, 2.45) is 0 Å². The van der Waals surface area contributed by atoms with E-state index in [1.807, 2.05) is 25.1 Å². The maximum absolute atomic E-state index is 10.3. The Hall–Kier alpha value is -1.91. The van der Waals surface area contributed by atoms with Gasteiger partial charge in [-0.15, -0.1) is 0 Å². The molecule has 0 aliphatic heterocycles. The SMILES string of the molecule is Cc1ccc(NCCNC(=O)O)cc1OC1CCCC1. The minimum atomic E-state index is -0.999. The second-order valence-electron chi connectivity index (χ2n) is 5.16. The van der Waals surface area contributed by atoms with Gasteiger partial charge in [-0.1, -0.05) is 6.07 Å². The summed E-state index contributed by atoms with van der Waals surface area (Å²) in [6.07, 6.45) is 4.13. The Bertz CT molecular complexity index is 456. The summed E-state index contributed by atoms with van der Waals surface area (Å²) in [5.74, 6) is 0.924. The van der Waals surface area contributed by atoms with Crippen molar-refractivity contribution in [1.29, 1.82) is 0 Å². The molecular weight excluding hydrogens is 256 g/mol. The summed E-state index contributed by atoms with van der Waals surface area (Å²) in [5.41, 5.74) is 2.09. The second kappa shape index (κ2) is 7.03. The van der Waals surface area contributed by atoms with Crippen molar-refractivity contribution < 1.29 is 14.6 Å². The fourth-order valence-corrected chi connectivity index (χ4v) is 2.40. The number of benzene rings is 1. The highest BCUT2D eigenvalue weighted by Gasteiger charge is 2.17. The average molecular weight is 278 g/mol. The molecule has 0 heterocycles. The molecule has 1 aliphatic carbocycles. The lowest BCUT2D eigenvalue weighted by molar-refractivity contribution is 0.195. The number of carboxylic acid groups (broad SMARTS) is 1. The van der Waals surface area contributed by atoms with Gasteiger partial charge in [0.25, 0.3) is 0 Å². The smallest absolute Gasteiger partial charge is 0.404 e. The third-order valence-electron chi connectivity index (χ3n) is 3.51. The number of anilines is 1. The molecule has 110 valence electrons. The summed E-state index contributed by atoms with van der Waals surface area (Å²) in [4.78, 5) is 10.3. The molecule has 1 aromatic rings. The maximum Gasteiger partial charge on any atom is 0.404 e. The van der Waals surface area contributed by atoms with Crippen LogP contribution in [0.1, 0.15) is 31.2 Å². The van der Waals surface area contributed by atoms with Crippen molar-refractivity contribution in [2.75, 3.05) is 18.4 Å². The van der Waals surface area contributed by atoms with E-state index in [9.17, 15) is 4.79 Å². The van der Waals surface area contributed by atoms with Gasteiger partial charge in [-0.05, 0) is 44.2 Å². The Labute approximate surface area is 119 Å². The molecule has 1 aromatic carbocycles. The molecule has 0 radical (unpaired) electrons. The van der Waals surface area contributed by atoms with Crippen molar-refractivity contribution in [3.8, 4) is 5.75 Å². The van der Waals surface area contributed by atoms with Gasteiger partial charge >= 0.3 is 6.09 Å². The van der Waals surface area contributed by atoms with E-state index < -0.39 is 6.09 Å². The van der Waals surface area contributed by atoms with Gasteiger partial charge in [0.2, 0.25) is 0 Å². The molecule has 1 amide bonds. The topological polar surface area (TPSA) is 70.6 Å². The third-order valence-corrected chi connectivity index (χ3v) is 3.51. The van der Waals surface area contributed by atoms with Crippen LogP contribution < -0.4 is 15.4 Å². The third kappa shape index (κ3) is 4.33. The summed E-state index contributed by atoms with van der Waals surface area (Å²) in [5, 5.41) is 14.0. The molecule has 0 atom stereocenters. The van der Waals surface area contributed by atoms with Gasteiger partial charge in [0, 0.05) is 24.8 Å². The first-order valence-corrected chi connectivity index (χ1v) is 7.13. The molecule has 0 bridgehead atoms. The van der Waals surface area contributed by atoms with Crippen LogP contribution in [0.3, 0.4) is 0 Å². The van der Waals surface area contributed by atoms with Crippen LogP contribution in [-0.2, 0) is 0 Å². The molecule has 20 heavy (non-hydrogen) atoms. The van der Waals surface area contributed by atoms with Gasteiger partial charge in [-0.25, -0.2) is 4.79 Å². The second-order valence-corrected chi connectivity index (χ2v) is 5.16. The van der Waals surface area contributed by atoms with E-state index >= 15 is 0 Å². The van der Waals surface area contributed by atoms with Crippen LogP contribution in [0, 0.1) is 6.92 Å². The fraction of sp³-hybridized carbons (Fsp3) is 0.533. The highest BCUT2D eigenvalue weighted by molar-refractivity contribution is 5.64. The lowest BCUT2D eigenvalue weighted by atomic mass is 10.2. The van der Waals surface area contributed by atoms with Crippen LogP contribution in [0.25, 0.3) is 0 Å². The van der Waals surface area contributed by atoms with Crippen molar-refractivity contribution in [1.82, 2.24) is 5.32 Å². The van der Waals surface area contributed by atoms with Crippen molar-refractivity contribution in [2.45, 2.75) is 38.7 Å². The molecule has 3 N–H and O–H groups in total. The molecule has 1 aliphatic rings. The minimum absolute atomic E-state index is 0.345. The van der Waals surface area contributed by atoms with E-state index in [-0.39, 0.29) is 0 Å². The van der Waals surface area contributed by atoms with Gasteiger partial charge in [-0.3, -0.25) is 0 Å². The lowest BCUT2D eigenvalue weighted by Crippen LogP contribution is -2.26. The Morgan fingerprint density at radius 2 is 2.10 bits per heavy atom. The molecule has 2 rings (SSSR count). The van der Waals surface area contributed by atoms with Gasteiger partial charge < -0.3 is 20.5 Å². The number of amides is 1. The number of hydrogen-bond donors (Lipinski definition) is 3. The summed E-state index contributed by atoms with van der Waals surface area (Å²) >= 11 is 0. The molecular formula is C15H22N2O3. The van der Waals surface area contributed by atoms with Gasteiger partial charge in [-0.2, -0.15) is 0 Å². The van der Waals surface area contributed by atoms with Gasteiger partial charge in [0.05, 0.1) is 6.10 Å². The maximum atomic E-state index is 10.3. The van der Waals surface area contributed by atoms with E-state index in [1.165, 1.54) is 12.8 Å². The quantitative estimate of drug-likeness (QED) is 0.700. The van der Waals surface area contributed by atoms with Gasteiger partial charge in [0.1, 0.15) is 5.75 Å². The van der Waals surface area contributed by atoms with Crippen molar-refractivity contribution >= 4 is 11.8 Å². The Kier molecular flexibility index (Phi) is 5.09. The van der Waals surface area contributed by atoms with Crippen LogP contribution in [0.15, 0.2) is 18.2 Å². The van der Waals surface area contributed by atoms with E-state index in [0.29, 0.717) is 19.2 Å². The summed E-state index contributed by atoms with van der Waals surface area (Å²) in [6, 6.07) is 6.00. The summed E-state index contributed by atoms with van der Waals surface area (Å²) in [6.45, 7) is 2.97. The van der Waals surface area contributed by atoms with Crippen molar-refractivity contribution in [3.63, 3.8) is 0 Å². The Balaban J connectivity index is 1.88. The average Bonchev–Trinajstić information content (AvgIpc) is 2.91. The molecule has 1 fully saturated rings. The molecule has 0 saturated heterocycles. The molecule has 1 saturated carbocycles. The van der Waals surface area contributed by atoms with Crippen molar-refractivity contribution in [3.05, 3.63) is 23.8 Å². The molecule has 5 nitrogen and oxygen atoms in total. The first-order chi connectivity index (χ1) is 9.65. The highest BCUT2D eigenvalue weighted by Crippen LogP contribution is 2.28. The minimum Gasteiger partial charge on any atom is -0.490 e. The first kappa shape index (κ1) is 14.5. The molecule has 5 heteroatoms. The van der Waals surface area contributed by atoms with E-state index in [4.69, 9.17) is 9.84 Å². The van der Waals surface area contributed by atoms with E-state index in [2.05, 4.69) is 10.6 Å². The zero-order valence-electron chi connectivity index (χ0n) is 11.8. The van der Waals surface area contributed by atoms with E-state index in [1.54, 1.807) is 0 Å². The Morgan fingerprint density at radius 1 is 1.35 bits per heavy atom. The molecule has 0 unspecified atom stereocenters. The van der Waals surface area contributed by atoms with Crippen LogP contribution >= 0.6 is 0 Å². The predicted octanol–water partition coefficient (Wildman–Crippen LogP) is 3.00. The number of ether oxygens (including phenoxy) is 1. The number of rotatable bonds is 6. The summed E-state index contributed by atoms with van der Waals surface area (Å²) in [7, 11) is 0. The first-order valence-electron chi connectivity index (χ1n) is 7.13. The lowest BCUT2D eigenvalue weighted by Gasteiger charge is -2.16. The summed E-state index contributed by atoms with van der Waals surface area (Å²) < 4.78 is 6.04. The molecule has 0 spiro atoms. The largest absolute Gasteiger partial charge is 0.490 e. The fourth-order valence-electron chi connectivity index (χ4n) is 2.40. The van der Waals surface area contributed by atoms with Crippen LogP contribution in [0.5, 0.6) is 5.75 Å².